The van der Waals surface area contributed by atoms with Crippen molar-refractivity contribution in [2.24, 2.45) is 0 Å². The average Bonchev–Trinajstić information content (AvgIpc) is 2.07. The summed E-state index contributed by atoms with van der Waals surface area (Å²) in [6.45, 7) is 0. The fourth-order valence-electron chi connectivity index (χ4n) is 0.962. The monoisotopic (exact) mass is 167 g/mol. The van der Waals surface area contributed by atoms with Crippen LogP contribution >= 0.6 is 0 Å². The lowest BCUT2D eigenvalue weighted by Gasteiger charge is -2.05. The van der Waals surface area contributed by atoms with E-state index in [1.165, 1.54) is 7.11 Å². The Kier molecular flexibility index (Phi) is 2.76. The van der Waals surface area contributed by atoms with Crippen LogP contribution in [0, 0.1) is 10.1 Å². The number of methoxy groups -OCH3 is 1. The minimum Gasteiger partial charge on any atom is -0.317 e. The van der Waals surface area contributed by atoms with Gasteiger partial charge in [-0.15, -0.1) is 0 Å². The molecule has 0 N–H and O–H groups in total. The van der Waals surface area contributed by atoms with Gasteiger partial charge in [0.05, 0.1) is 10.5 Å². The van der Waals surface area contributed by atoms with Gasteiger partial charge in [-0.2, -0.15) is 0 Å². The summed E-state index contributed by atoms with van der Waals surface area (Å²) in [5.41, 5.74) is 0.560. The van der Waals surface area contributed by atoms with E-state index in [0.717, 1.165) is 0 Å². The molecular formula is C8H9NO3. The summed E-state index contributed by atoms with van der Waals surface area (Å²) in [6.07, 6.45) is -1.05. The highest BCUT2D eigenvalue weighted by atomic mass is 16.7. The molecule has 1 rings (SSSR count). The first kappa shape index (κ1) is 8.67. The summed E-state index contributed by atoms with van der Waals surface area (Å²) in [5, 5.41) is 10.4. The minimum atomic E-state index is -1.05. The number of rotatable bonds is 3. The topological polar surface area (TPSA) is 52.4 Å². The molecular weight excluding hydrogens is 158 g/mol. The molecule has 0 saturated carbocycles. The van der Waals surface area contributed by atoms with Gasteiger partial charge in [-0.3, -0.25) is 10.1 Å². The molecule has 0 radical (unpaired) electrons. The van der Waals surface area contributed by atoms with Crippen LogP contribution < -0.4 is 0 Å². The molecule has 0 aromatic heterocycles. The molecule has 0 aliphatic carbocycles. The molecule has 0 heterocycles. The molecule has 1 aromatic rings. The van der Waals surface area contributed by atoms with Gasteiger partial charge in [0.1, 0.15) is 0 Å². The van der Waals surface area contributed by atoms with E-state index in [0.29, 0.717) is 5.56 Å². The zero-order valence-electron chi connectivity index (χ0n) is 6.64. The van der Waals surface area contributed by atoms with Crippen molar-refractivity contribution in [1.29, 1.82) is 0 Å². The van der Waals surface area contributed by atoms with Gasteiger partial charge in [-0.05, 0) is 12.1 Å². The summed E-state index contributed by atoms with van der Waals surface area (Å²) >= 11 is 0. The molecule has 0 fully saturated rings. The molecule has 4 heteroatoms. The molecule has 12 heavy (non-hydrogen) atoms. The highest BCUT2D eigenvalue weighted by Gasteiger charge is 2.20. The standard InChI is InChI=1S/C8H9NO3/c1-12-8(9(10)11)7-5-3-2-4-6-7/h2-6,8H,1H3. The third-order valence-corrected chi connectivity index (χ3v) is 1.50. The molecule has 1 atom stereocenters. The Bertz CT molecular complexity index is 260. The Morgan fingerprint density at radius 1 is 1.42 bits per heavy atom. The van der Waals surface area contributed by atoms with Crippen molar-refractivity contribution < 1.29 is 9.66 Å². The maximum Gasteiger partial charge on any atom is 0.341 e. The molecule has 0 aliphatic rings. The van der Waals surface area contributed by atoms with Crippen molar-refractivity contribution >= 4 is 0 Å². The summed E-state index contributed by atoms with van der Waals surface area (Å²) in [5.74, 6) is 0. The van der Waals surface area contributed by atoms with Crippen LogP contribution in [0.25, 0.3) is 0 Å². The van der Waals surface area contributed by atoms with E-state index in [4.69, 9.17) is 4.74 Å². The lowest BCUT2D eigenvalue weighted by Crippen LogP contribution is -2.11. The summed E-state index contributed by atoms with van der Waals surface area (Å²) in [4.78, 5) is 9.95. The van der Waals surface area contributed by atoms with Crippen molar-refractivity contribution in [3.05, 3.63) is 46.0 Å². The minimum absolute atomic E-state index is 0.463. The summed E-state index contributed by atoms with van der Waals surface area (Å²) in [6, 6.07) is 8.61. The molecule has 0 aliphatic heterocycles. The number of nitro groups is 1. The van der Waals surface area contributed by atoms with Gasteiger partial charge in [-0.1, -0.05) is 18.2 Å². The third-order valence-electron chi connectivity index (χ3n) is 1.50. The smallest absolute Gasteiger partial charge is 0.317 e. The first-order valence-corrected chi connectivity index (χ1v) is 3.47. The van der Waals surface area contributed by atoms with Crippen LogP contribution in [-0.2, 0) is 4.74 Å². The average molecular weight is 167 g/mol. The van der Waals surface area contributed by atoms with Gasteiger partial charge in [0.15, 0.2) is 0 Å². The normalized spacial score (nSPS) is 12.4. The fourth-order valence-corrected chi connectivity index (χ4v) is 0.962. The number of nitrogens with zero attached hydrogens (tertiary/aromatic N) is 1. The Morgan fingerprint density at radius 3 is 2.42 bits per heavy atom. The highest BCUT2D eigenvalue weighted by Crippen LogP contribution is 2.15. The Balaban J connectivity index is 2.88. The van der Waals surface area contributed by atoms with Crippen molar-refractivity contribution in [1.82, 2.24) is 0 Å². The maximum absolute atomic E-state index is 10.4. The van der Waals surface area contributed by atoms with E-state index < -0.39 is 11.2 Å². The fraction of sp³-hybridized carbons (Fsp3) is 0.250. The second kappa shape index (κ2) is 3.82. The van der Waals surface area contributed by atoms with E-state index in [1.54, 1.807) is 30.3 Å². The van der Waals surface area contributed by atoms with Gasteiger partial charge in [0.2, 0.25) is 0 Å². The van der Waals surface area contributed by atoms with Crippen molar-refractivity contribution in [3.8, 4) is 0 Å². The van der Waals surface area contributed by atoms with Crippen LogP contribution in [0.4, 0.5) is 0 Å². The molecule has 0 spiro atoms. The molecule has 4 nitrogen and oxygen atoms in total. The summed E-state index contributed by atoms with van der Waals surface area (Å²) in [7, 11) is 1.32. The van der Waals surface area contributed by atoms with Gasteiger partial charge >= 0.3 is 6.23 Å². The lowest BCUT2D eigenvalue weighted by atomic mass is 10.2. The third kappa shape index (κ3) is 1.79. The number of benzene rings is 1. The predicted octanol–water partition coefficient (Wildman–Crippen LogP) is 1.61. The molecule has 0 bridgehead atoms. The molecule has 0 amide bonds. The molecule has 0 saturated heterocycles. The lowest BCUT2D eigenvalue weighted by molar-refractivity contribution is -0.581. The second-order valence-corrected chi connectivity index (χ2v) is 2.28. The van der Waals surface area contributed by atoms with Crippen LogP contribution in [0.2, 0.25) is 0 Å². The number of hydrogen-bond donors (Lipinski definition) is 0. The molecule has 1 unspecified atom stereocenters. The van der Waals surface area contributed by atoms with E-state index in [1.807, 2.05) is 0 Å². The predicted molar refractivity (Wildman–Crippen MR) is 43.2 cm³/mol. The van der Waals surface area contributed by atoms with Crippen LogP contribution in [0.15, 0.2) is 30.3 Å². The maximum atomic E-state index is 10.4. The van der Waals surface area contributed by atoms with E-state index in [-0.39, 0.29) is 0 Å². The van der Waals surface area contributed by atoms with Crippen molar-refractivity contribution in [3.63, 3.8) is 0 Å². The first-order chi connectivity index (χ1) is 5.75. The number of hydrogen-bond acceptors (Lipinski definition) is 3. The van der Waals surface area contributed by atoms with Crippen LogP contribution in [-0.4, -0.2) is 12.0 Å². The Hall–Kier alpha value is -1.42. The highest BCUT2D eigenvalue weighted by molar-refractivity contribution is 5.15. The van der Waals surface area contributed by atoms with Gasteiger partial charge in [0.25, 0.3) is 0 Å². The molecule has 64 valence electrons. The van der Waals surface area contributed by atoms with Crippen LogP contribution in [0.1, 0.15) is 11.8 Å². The first-order valence-electron chi connectivity index (χ1n) is 3.47. The zero-order valence-corrected chi connectivity index (χ0v) is 6.64. The quantitative estimate of drug-likeness (QED) is 0.390. The molecule has 1 aromatic carbocycles. The van der Waals surface area contributed by atoms with E-state index in [9.17, 15) is 10.1 Å². The zero-order chi connectivity index (χ0) is 8.97. The Morgan fingerprint density at radius 2 is 2.00 bits per heavy atom. The van der Waals surface area contributed by atoms with Gasteiger partial charge < -0.3 is 4.74 Å². The van der Waals surface area contributed by atoms with Crippen LogP contribution in [0.3, 0.4) is 0 Å². The van der Waals surface area contributed by atoms with E-state index >= 15 is 0 Å². The second-order valence-electron chi connectivity index (χ2n) is 2.28. The number of ether oxygens (including phenoxy) is 1. The van der Waals surface area contributed by atoms with Crippen LogP contribution in [0.5, 0.6) is 0 Å². The van der Waals surface area contributed by atoms with Crippen molar-refractivity contribution in [2.75, 3.05) is 7.11 Å². The summed E-state index contributed by atoms with van der Waals surface area (Å²) < 4.78 is 4.70. The van der Waals surface area contributed by atoms with Gasteiger partial charge in [-0.25, -0.2) is 0 Å². The van der Waals surface area contributed by atoms with E-state index in [2.05, 4.69) is 0 Å². The van der Waals surface area contributed by atoms with Crippen molar-refractivity contribution in [2.45, 2.75) is 6.23 Å². The Labute approximate surface area is 69.9 Å². The van der Waals surface area contributed by atoms with Gasteiger partial charge in [0, 0.05) is 7.11 Å². The SMILES string of the molecule is COC(c1ccccc1)[N+](=O)[O-]. The largest absolute Gasteiger partial charge is 0.341 e.